The van der Waals surface area contributed by atoms with E-state index in [1.807, 2.05) is 0 Å². The Morgan fingerprint density at radius 1 is 1.37 bits per heavy atom. The molecule has 104 valence electrons. The van der Waals surface area contributed by atoms with Gasteiger partial charge in [0, 0.05) is 0 Å². The Bertz CT molecular complexity index is 506. The Morgan fingerprint density at radius 3 is 2.47 bits per heavy atom. The van der Waals surface area contributed by atoms with Gasteiger partial charge in [0.25, 0.3) is 5.91 Å². The number of carboxylic acid groups (broad SMARTS) is 1. The van der Waals surface area contributed by atoms with Gasteiger partial charge in [0.15, 0.2) is 5.13 Å². The molecule has 4 N–H and O–H groups in total. The van der Waals surface area contributed by atoms with Crippen molar-refractivity contribution >= 4 is 28.3 Å². The summed E-state index contributed by atoms with van der Waals surface area (Å²) < 4.78 is 0. The summed E-state index contributed by atoms with van der Waals surface area (Å²) >= 11 is 1.08. The van der Waals surface area contributed by atoms with Gasteiger partial charge in [-0.1, -0.05) is 30.6 Å². The highest BCUT2D eigenvalue weighted by Crippen LogP contribution is 2.30. The summed E-state index contributed by atoms with van der Waals surface area (Å²) in [5.74, 6) is -1.35. The molecule has 1 heterocycles. The lowest BCUT2D eigenvalue weighted by molar-refractivity contribution is -0.145. The zero-order valence-corrected chi connectivity index (χ0v) is 11.5. The van der Waals surface area contributed by atoms with Crippen molar-refractivity contribution in [3.8, 4) is 0 Å². The molecule has 0 unspecified atom stereocenters. The Hall–Kier alpha value is -1.63. The molecule has 1 aromatic rings. The van der Waals surface area contributed by atoms with Crippen molar-refractivity contribution in [3.05, 3.63) is 10.6 Å². The zero-order chi connectivity index (χ0) is 14.0. The van der Waals surface area contributed by atoms with E-state index in [1.54, 1.807) is 6.92 Å². The first kappa shape index (κ1) is 13.8. The predicted molar refractivity (Wildman–Crippen MR) is 72.2 cm³/mol. The number of thiazole rings is 1. The van der Waals surface area contributed by atoms with Crippen molar-refractivity contribution in [3.63, 3.8) is 0 Å². The SMILES string of the molecule is Cc1nc(N)sc1C(=O)NC1(C(=O)O)CCCCC1. The largest absolute Gasteiger partial charge is 0.480 e. The molecule has 0 saturated heterocycles. The molecule has 2 rings (SSSR count). The summed E-state index contributed by atoms with van der Waals surface area (Å²) in [4.78, 5) is 28.1. The van der Waals surface area contributed by atoms with Gasteiger partial charge in [0.05, 0.1) is 5.69 Å². The number of hydrogen-bond donors (Lipinski definition) is 3. The topological polar surface area (TPSA) is 105 Å². The van der Waals surface area contributed by atoms with E-state index in [2.05, 4.69) is 10.3 Å². The normalized spacial score (nSPS) is 17.9. The maximum absolute atomic E-state index is 12.2. The second-order valence-corrected chi connectivity index (χ2v) is 5.90. The summed E-state index contributed by atoms with van der Waals surface area (Å²) in [5, 5.41) is 12.4. The first-order valence-electron chi connectivity index (χ1n) is 6.23. The number of nitrogens with zero attached hydrogens (tertiary/aromatic N) is 1. The number of carbonyl (C=O) groups is 2. The third-order valence-corrected chi connectivity index (χ3v) is 4.47. The lowest BCUT2D eigenvalue weighted by Crippen LogP contribution is -2.55. The van der Waals surface area contributed by atoms with Gasteiger partial charge in [-0.3, -0.25) is 4.79 Å². The van der Waals surface area contributed by atoms with Gasteiger partial charge in [-0.2, -0.15) is 0 Å². The van der Waals surface area contributed by atoms with Crippen LogP contribution in [0, 0.1) is 6.92 Å². The van der Waals surface area contributed by atoms with Gasteiger partial charge in [-0.25, -0.2) is 9.78 Å². The van der Waals surface area contributed by atoms with E-state index in [-0.39, 0.29) is 0 Å². The van der Waals surface area contributed by atoms with Crippen LogP contribution in [0.5, 0.6) is 0 Å². The monoisotopic (exact) mass is 283 g/mol. The van der Waals surface area contributed by atoms with Crippen LogP contribution in [-0.4, -0.2) is 27.5 Å². The number of aryl methyl sites for hydroxylation is 1. The number of nitrogen functional groups attached to an aromatic ring is 1. The van der Waals surface area contributed by atoms with Crippen molar-refractivity contribution < 1.29 is 14.7 Å². The second kappa shape index (κ2) is 5.16. The standard InChI is InChI=1S/C12H17N3O3S/c1-7-8(19-11(13)14-7)9(16)15-12(10(17)18)5-3-2-4-6-12/h2-6H2,1H3,(H2,13,14)(H,15,16)(H,17,18). The number of rotatable bonds is 3. The van der Waals surface area contributed by atoms with Crippen molar-refractivity contribution in [2.24, 2.45) is 0 Å². The molecule has 1 aliphatic rings. The van der Waals surface area contributed by atoms with Crippen LogP contribution < -0.4 is 11.1 Å². The van der Waals surface area contributed by atoms with E-state index in [1.165, 1.54) is 0 Å². The average molecular weight is 283 g/mol. The Labute approximate surface area is 115 Å². The van der Waals surface area contributed by atoms with Gasteiger partial charge in [-0.15, -0.1) is 0 Å². The van der Waals surface area contributed by atoms with E-state index in [4.69, 9.17) is 5.73 Å². The minimum atomic E-state index is -1.14. The van der Waals surface area contributed by atoms with Crippen LogP contribution in [0.25, 0.3) is 0 Å². The second-order valence-electron chi connectivity index (χ2n) is 4.87. The molecule has 1 amide bonds. The van der Waals surface area contributed by atoms with Crippen LogP contribution >= 0.6 is 11.3 Å². The Balaban J connectivity index is 2.20. The summed E-state index contributed by atoms with van der Waals surface area (Å²) in [7, 11) is 0. The quantitative estimate of drug-likeness (QED) is 0.780. The van der Waals surface area contributed by atoms with Crippen molar-refractivity contribution in [1.82, 2.24) is 10.3 Å². The molecule has 1 aliphatic carbocycles. The molecule has 19 heavy (non-hydrogen) atoms. The van der Waals surface area contributed by atoms with Gasteiger partial charge in [0.2, 0.25) is 0 Å². The van der Waals surface area contributed by atoms with E-state index in [0.717, 1.165) is 30.6 Å². The van der Waals surface area contributed by atoms with Gasteiger partial charge in [-0.05, 0) is 19.8 Å². The molecule has 1 saturated carbocycles. The molecule has 0 atom stereocenters. The predicted octanol–water partition coefficient (Wildman–Crippen LogP) is 1.55. The number of nitrogens with one attached hydrogen (secondary N) is 1. The minimum Gasteiger partial charge on any atom is -0.480 e. The van der Waals surface area contributed by atoms with Gasteiger partial charge in [0.1, 0.15) is 10.4 Å². The highest BCUT2D eigenvalue weighted by molar-refractivity contribution is 7.17. The van der Waals surface area contributed by atoms with Gasteiger partial charge >= 0.3 is 5.97 Å². The van der Waals surface area contributed by atoms with Crippen LogP contribution in [0.1, 0.15) is 47.5 Å². The molecular formula is C12H17N3O3S. The summed E-state index contributed by atoms with van der Waals surface area (Å²) in [5.41, 5.74) is 4.95. The number of amides is 1. The molecule has 6 nitrogen and oxygen atoms in total. The first-order chi connectivity index (χ1) is 8.94. The highest BCUT2D eigenvalue weighted by Gasteiger charge is 2.41. The summed E-state index contributed by atoms with van der Waals surface area (Å²) in [6.07, 6.45) is 3.59. The minimum absolute atomic E-state index is 0.315. The third-order valence-electron chi connectivity index (χ3n) is 3.49. The van der Waals surface area contributed by atoms with Crippen LogP contribution in [0.4, 0.5) is 5.13 Å². The lowest BCUT2D eigenvalue weighted by atomic mass is 9.81. The maximum Gasteiger partial charge on any atom is 0.329 e. The zero-order valence-electron chi connectivity index (χ0n) is 10.7. The number of carboxylic acids is 1. The van der Waals surface area contributed by atoms with E-state index >= 15 is 0 Å². The van der Waals surface area contributed by atoms with E-state index in [0.29, 0.717) is 28.5 Å². The molecule has 0 radical (unpaired) electrons. The highest BCUT2D eigenvalue weighted by atomic mass is 32.1. The fourth-order valence-electron chi connectivity index (χ4n) is 2.45. The summed E-state index contributed by atoms with van der Waals surface area (Å²) in [6, 6.07) is 0. The fraction of sp³-hybridized carbons (Fsp3) is 0.583. The molecular weight excluding hydrogens is 266 g/mol. The Kier molecular flexibility index (Phi) is 3.75. The fourth-order valence-corrected chi connectivity index (χ4v) is 3.18. The first-order valence-corrected chi connectivity index (χ1v) is 7.05. The van der Waals surface area contributed by atoms with Crippen LogP contribution in [0.15, 0.2) is 0 Å². The van der Waals surface area contributed by atoms with E-state index < -0.39 is 17.4 Å². The Morgan fingerprint density at radius 2 is 2.00 bits per heavy atom. The average Bonchev–Trinajstić information content (AvgIpc) is 2.69. The van der Waals surface area contributed by atoms with Crippen LogP contribution in [0.2, 0.25) is 0 Å². The van der Waals surface area contributed by atoms with Crippen molar-refractivity contribution in [1.29, 1.82) is 0 Å². The lowest BCUT2D eigenvalue weighted by Gasteiger charge is -2.33. The van der Waals surface area contributed by atoms with Crippen molar-refractivity contribution in [2.75, 3.05) is 5.73 Å². The number of aliphatic carboxylic acids is 1. The summed E-state index contributed by atoms with van der Waals surface area (Å²) in [6.45, 7) is 1.69. The molecule has 1 fully saturated rings. The van der Waals surface area contributed by atoms with Crippen LogP contribution in [0.3, 0.4) is 0 Å². The van der Waals surface area contributed by atoms with Crippen LogP contribution in [-0.2, 0) is 4.79 Å². The number of aromatic nitrogens is 1. The third kappa shape index (κ3) is 2.70. The molecule has 0 bridgehead atoms. The number of carbonyl (C=O) groups excluding carboxylic acids is 1. The molecule has 0 spiro atoms. The maximum atomic E-state index is 12.2. The smallest absolute Gasteiger partial charge is 0.329 e. The van der Waals surface area contributed by atoms with Gasteiger partial charge < -0.3 is 16.2 Å². The molecule has 7 heteroatoms. The van der Waals surface area contributed by atoms with Crippen molar-refractivity contribution in [2.45, 2.75) is 44.6 Å². The molecule has 0 aliphatic heterocycles. The number of nitrogens with two attached hydrogens (primary N) is 1. The van der Waals surface area contributed by atoms with E-state index in [9.17, 15) is 14.7 Å². The number of anilines is 1. The molecule has 1 aromatic heterocycles. The number of hydrogen-bond acceptors (Lipinski definition) is 5. The molecule has 0 aromatic carbocycles.